The van der Waals surface area contributed by atoms with Crippen LogP contribution in [0.4, 0.5) is 0 Å². The topological polar surface area (TPSA) is 9.23 Å². The van der Waals surface area contributed by atoms with Crippen LogP contribution in [0.1, 0.15) is 78.1 Å². The van der Waals surface area contributed by atoms with E-state index in [4.69, 9.17) is 17.0 Å². The molecule has 108 valence electrons. The van der Waals surface area contributed by atoms with Crippen molar-refractivity contribution in [3.05, 3.63) is 0 Å². The van der Waals surface area contributed by atoms with E-state index in [1.807, 2.05) is 6.92 Å². The quantitative estimate of drug-likeness (QED) is 0.324. The fourth-order valence-corrected chi connectivity index (χ4v) is 2.99. The molecule has 0 heterocycles. The van der Waals surface area contributed by atoms with E-state index in [1.165, 1.54) is 64.2 Å². The molecule has 0 aliphatic rings. The Hall–Kier alpha value is 0.240. The summed E-state index contributed by atoms with van der Waals surface area (Å²) in [5.74, 6) is 1.12. The molecule has 0 spiro atoms. The summed E-state index contributed by atoms with van der Waals surface area (Å²) in [6, 6.07) is 0. The third-order valence-electron chi connectivity index (χ3n) is 2.98. The zero-order valence-electron chi connectivity index (χ0n) is 12.2. The van der Waals surface area contributed by atoms with E-state index < -0.39 is 0 Å². The Morgan fingerprint density at radius 1 is 0.833 bits per heavy atom. The van der Waals surface area contributed by atoms with Gasteiger partial charge in [-0.1, -0.05) is 76.5 Å². The van der Waals surface area contributed by atoms with Gasteiger partial charge in [0.05, 0.1) is 6.61 Å². The van der Waals surface area contributed by atoms with Crippen LogP contribution >= 0.6 is 24.0 Å². The lowest BCUT2D eigenvalue weighted by Crippen LogP contribution is -1.96. The van der Waals surface area contributed by atoms with E-state index in [0.717, 1.165) is 5.75 Å². The molecule has 0 aliphatic carbocycles. The number of thiocarbonyl (C=S) groups is 1. The van der Waals surface area contributed by atoms with Crippen molar-refractivity contribution < 1.29 is 4.74 Å². The number of unbranched alkanes of at least 4 members (excludes halogenated alkanes) is 9. The monoisotopic (exact) mass is 290 g/mol. The van der Waals surface area contributed by atoms with Crippen molar-refractivity contribution in [3.8, 4) is 0 Å². The second-order valence-electron chi connectivity index (χ2n) is 4.71. The molecule has 0 bridgehead atoms. The van der Waals surface area contributed by atoms with Gasteiger partial charge in [-0.2, -0.15) is 0 Å². The van der Waals surface area contributed by atoms with Crippen molar-refractivity contribution in [2.45, 2.75) is 78.1 Å². The first kappa shape index (κ1) is 18.2. The maximum Gasteiger partial charge on any atom is 0.219 e. The number of hydrogen-bond acceptors (Lipinski definition) is 3. The fourth-order valence-electron chi connectivity index (χ4n) is 1.90. The van der Waals surface area contributed by atoms with Crippen LogP contribution in [0.3, 0.4) is 0 Å². The summed E-state index contributed by atoms with van der Waals surface area (Å²) in [5.41, 5.74) is 0. The van der Waals surface area contributed by atoms with Gasteiger partial charge in [-0.3, -0.25) is 0 Å². The molecule has 0 radical (unpaired) electrons. The van der Waals surface area contributed by atoms with Crippen molar-refractivity contribution in [2.75, 3.05) is 12.4 Å². The van der Waals surface area contributed by atoms with E-state index in [9.17, 15) is 0 Å². The smallest absolute Gasteiger partial charge is 0.219 e. The van der Waals surface area contributed by atoms with Crippen LogP contribution in [0, 0.1) is 0 Å². The van der Waals surface area contributed by atoms with Gasteiger partial charge in [0.25, 0.3) is 0 Å². The summed E-state index contributed by atoms with van der Waals surface area (Å²) in [6.45, 7) is 4.95. The van der Waals surface area contributed by atoms with Crippen LogP contribution in [0.25, 0.3) is 0 Å². The van der Waals surface area contributed by atoms with Gasteiger partial charge in [-0.05, 0) is 25.6 Å². The second kappa shape index (κ2) is 15.3. The van der Waals surface area contributed by atoms with Crippen molar-refractivity contribution in [1.29, 1.82) is 0 Å². The van der Waals surface area contributed by atoms with E-state index in [0.29, 0.717) is 11.0 Å². The number of hydrogen-bond donors (Lipinski definition) is 0. The van der Waals surface area contributed by atoms with E-state index >= 15 is 0 Å². The van der Waals surface area contributed by atoms with Gasteiger partial charge >= 0.3 is 0 Å². The number of rotatable bonds is 12. The molecule has 0 amide bonds. The Labute approximate surface area is 123 Å². The molecule has 0 aromatic heterocycles. The highest BCUT2D eigenvalue weighted by Crippen LogP contribution is 2.13. The SMILES string of the molecule is CCCCCCCCCCCCSC(=S)OCC. The first-order valence-corrected chi connectivity index (χ1v) is 9.00. The Bertz CT molecular complexity index is 183. The molecular formula is C15H30OS2. The van der Waals surface area contributed by atoms with Crippen LogP contribution < -0.4 is 0 Å². The standard InChI is InChI=1S/C15H30OS2/c1-3-5-6-7-8-9-10-11-12-13-14-18-15(17)16-4-2/h3-14H2,1-2H3. The van der Waals surface area contributed by atoms with E-state index in [1.54, 1.807) is 11.8 Å². The van der Waals surface area contributed by atoms with Gasteiger partial charge in [0.1, 0.15) is 0 Å². The van der Waals surface area contributed by atoms with Crippen LogP contribution in [-0.2, 0) is 4.74 Å². The van der Waals surface area contributed by atoms with Gasteiger partial charge in [-0.25, -0.2) is 0 Å². The third kappa shape index (κ3) is 14.3. The Morgan fingerprint density at radius 2 is 1.33 bits per heavy atom. The van der Waals surface area contributed by atoms with Gasteiger partial charge in [-0.15, -0.1) is 0 Å². The van der Waals surface area contributed by atoms with E-state index in [2.05, 4.69) is 6.92 Å². The van der Waals surface area contributed by atoms with Gasteiger partial charge in [0.15, 0.2) is 0 Å². The van der Waals surface area contributed by atoms with Crippen molar-refractivity contribution in [1.82, 2.24) is 0 Å². The molecule has 0 fully saturated rings. The lowest BCUT2D eigenvalue weighted by molar-refractivity contribution is 0.346. The van der Waals surface area contributed by atoms with Crippen molar-refractivity contribution in [3.63, 3.8) is 0 Å². The zero-order valence-corrected chi connectivity index (χ0v) is 13.8. The highest BCUT2D eigenvalue weighted by Gasteiger charge is 1.97. The zero-order chi connectivity index (χ0) is 13.5. The molecule has 0 saturated heterocycles. The molecule has 0 unspecified atom stereocenters. The molecule has 0 N–H and O–H groups in total. The average molecular weight is 291 g/mol. The highest BCUT2D eigenvalue weighted by atomic mass is 32.2. The average Bonchev–Trinajstić information content (AvgIpc) is 2.36. The normalized spacial score (nSPS) is 10.6. The van der Waals surface area contributed by atoms with Gasteiger partial charge in [0, 0.05) is 5.75 Å². The molecule has 0 atom stereocenters. The van der Waals surface area contributed by atoms with Crippen LogP contribution in [-0.4, -0.2) is 16.7 Å². The van der Waals surface area contributed by atoms with Crippen molar-refractivity contribution >= 4 is 28.4 Å². The van der Waals surface area contributed by atoms with Gasteiger partial charge < -0.3 is 4.74 Å². The summed E-state index contributed by atoms with van der Waals surface area (Å²) >= 11 is 6.75. The summed E-state index contributed by atoms with van der Waals surface area (Å²) in [6.07, 6.45) is 13.9. The molecule has 18 heavy (non-hydrogen) atoms. The molecule has 0 aromatic carbocycles. The van der Waals surface area contributed by atoms with Crippen LogP contribution in [0.2, 0.25) is 0 Å². The number of thioether (sulfide) groups is 1. The molecule has 0 aliphatic heterocycles. The van der Waals surface area contributed by atoms with Gasteiger partial charge in [0.2, 0.25) is 4.38 Å². The second-order valence-corrected chi connectivity index (χ2v) is 6.41. The molecule has 0 saturated carbocycles. The predicted molar refractivity (Wildman–Crippen MR) is 88.5 cm³/mol. The fraction of sp³-hybridized carbons (Fsp3) is 0.933. The predicted octanol–water partition coefficient (Wildman–Crippen LogP) is 5.96. The molecule has 0 aromatic rings. The summed E-state index contributed by atoms with van der Waals surface area (Å²) < 4.78 is 5.94. The van der Waals surface area contributed by atoms with Crippen molar-refractivity contribution in [2.24, 2.45) is 0 Å². The Kier molecular flexibility index (Phi) is 15.5. The Morgan fingerprint density at radius 3 is 1.83 bits per heavy atom. The maximum absolute atomic E-state index is 5.23. The summed E-state index contributed by atoms with van der Waals surface area (Å²) in [5, 5.41) is 0. The minimum Gasteiger partial charge on any atom is -0.479 e. The highest BCUT2D eigenvalue weighted by molar-refractivity contribution is 8.22. The molecule has 1 nitrogen and oxygen atoms in total. The van der Waals surface area contributed by atoms with Crippen LogP contribution in [0.15, 0.2) is 0 Å². The number of ether oxygens (including phenoxy) is 1. The first-order chi connectivity index (χ1) is 8.81. The maximum atomic E-state index is 5.23. The van der Waals surface area contributed by atoms with Crippen LogP contribution in [0.5, 0.6) is 0 Å². The summed E-state index contributed by atoms with van der Waals surface area (Å²) in [4.78, 5) is 0. The molecule has 3 heteroatoms. The largest absolute Gasteiger partial charge is 0.479 e. The minimum absolute atomic E-state index is 0.698. The lowest BCUT2D eigenvalue weighted by atomic mass is 10.1. The first-order valence-electron chi connectivity index (χ1n) is 7.60. The van der Waals surface area contributed by atoms with E-state index in [-0.39, 0.29) is 0 Å². The summed E-state index contributed by atoms with van der Waals surface area (Å²) in [7, 11) is 0. The molecule has 0 rings (SSSR count). The lowest BCUT2D eigenvalue weighted by Gasteiger charge is -2.04. The minimum atomic E-state index is 0.698. The third-order valence-corrected chi connectivity index (χ3v) is 4.30. The Balaban J connectivity index is 3.01. The molecular weight excluding hydrogens is 260 g/mol.